The Labute approximate surface area is 153 Å². The van der Waals surface area contributed by atoms with Gasteiger partial charge in [-0.1, -0.05) is 30.0 Å². The predicted molar refractivity (Wildman–Crippen MR) is 96.7 cm³/mol. The highest BCUT2D eigenvalue weighted by atomic mass is 32.2. The maximum Gasteiger partial charge on any atom is 0.277 e. The molecule has 0 spiro atoms. The number of benzene rings is 1. The van der Waals surface area contributed by atoms with Crippen molar-refractivity contribution in [2.45, 2.75) is 25.3 Å². The Balaban J connectivity index is 1.41. The number of carbonyl (C=O) groups excluding carboxylic acids is 1. The Kier molecular flexibility index (Phi) is 6.08. The molecule has 0 fully saturated rings. The van der Waals surface area contributed by atoms with Crippen LogP contribution in [0.5, 0.6) is 5.75 Å². The van der Waals surface area contributed by atoms with E-state index in [-0.39, 0.29) is 18.3 Å². The minimum absolute atomic E-state index is 0.0749. The third-order valence-electron chi connectivity index (χ3n) is 3.17. The highest BCUT2D eigenvalue weighted by Gasteiger charge is 2.10. The molecule has 0 saturated heterocycles. The van der Waals surface area contributed by atoms with E-state index >= 15 is 0 Å². The van der Waals surface area contributed by atoms with Crippen LogP contribution in [0.2, 0.25) is 0 Å². The van der Waals surface area contributed by atoms with Crippen LogP contribution in [-0.4, -0.2) is 21.9 Å². The maximum atomic E-state index is 11.8. The number of nitrogens with one attached hydrogen (secondary N) is 1. The van der Waals surface area contributed by atoms with Crippen LogP contribution >= 0.6 is 23.1 Å². The lowest BCUT2D eigenvalue weighted by Crippen LogP contribution is -2.24. The lowest BCUT2D eigenvalue weighted by molar-refractivity contribution is -0.118. The summed E-state index contributed by atoms with van der Waals surface area (Å²) in [5.74, 6) is 1.28. The van der Waals surface area contributed by atoms with Gasteiger partial charge in [-0.25, -0.2) is 0 Å². The van der Waals surface area contributed by atoms with Crippen molar-refractivity contribution in [2.75, 3.05) is 5.75 Å². The smallest absolute Gasteiger partial charge is 0.277 e. The molecule has 1 amide bonds. The Hall–Kier alpha value is -2.32. The van der Waals surface area contributed by atoms with Crippen LogP contribution in [0, 0.1) is 6.92 Å². The molecule has 0 bridgehead atoms. The maximum absolute atomic E-state index is 11.8. The molecule has 3 aromatic rings. The minimum atomic E-state index is -0.0749. The number of nitrogens with zero attached hydrogens (tertiary/aromatic N) is 2. The Morgan fingerprint density at radius 3 is 3.04 bits per heavy atom. The van der Waals surface area contributed by atoms with Gasteiger partial charge in [0.25, 0.3) is 11.1 Å². The van der Waals surface area contributed by atoms with Crippen molar-refractivity contribution in [3.05, 3.63) is 58.1 Å². The van der Waals surface area contributed by atoms with Crippen molar-refractivity contribution >= 4 is 29.0 Å². The van der Waals surface area contributed by atoms with Gasteiger partial charge in [0.1, 0.15) is 5.75 Å². The van der Waals surface area contributed by atoms with Crippen molar-refractivity contribution in [2.24, 2.45) is 0 Å². The standard InChI is InChI=1S/C17H17N3O3S2/c1-12-4-2-5-13(8-12)22-10-16-19-20-17(23-16)25-11-15(21)18-9-14-6-3-7-24-14/h2-8H,9-11H2,1H3,(H,18,21). The Morgan fingerprint density at radius 2 is 2.24 bits per heavy atom. The molecule has 2 aromatic heterocycles. The van der Waals surface area contributed by atoms with E-state index in [1.807, 2.05) is 48.7 Å². The summed E-state index contributed by atoms with van der Waals surface area (Å²) in [5, 5.41) is 13.0. The molecule has 1 N–H and O–H groups in total. The van der Waals surface area contributed by atoms with Crippen LogP contribution < -0.4 is 10.1 Å². The third-order valence-corrected chi connectivity index (χ3v) is 4.86. The molecule has 0 radical (unpaired) electrons. The van der Waals surface area contributed by atoms with Gasteiger partial charge in [0.2, 0.25) is 5.91 Å². The molecule has 25 heavy (non-hydrogen) atoms. The second-order valence-corrected chi connectivity index (χ2v) is 7.17. The third kappa shape index (κ3) is 5.61. The molecule has 2 heterocycles. The first-order valence-corrected chi connectivity index (χ1v) is 9.49. The van der Waals surface area contributed by atoms with Gasteiger partial charge < -0.3 is 14.5 Å². The van der Waals surface area contributed by atoms with E-state index in [1.54, 1.807) is 11.3 Å². The summed E-state index contributed by atoms with van der Waals surface area (Å²) in [4.78, 5) is 12.9. The first-order valence-electron chi connectivity index (χ1n) is 7.63. The number of amides is 1. The molecule has 8 heteroatoms. The second kappa shape index (κ2) is 8.68. The van der Waals surface area contributed by atoms with Gasteiger partial charge in [-0.15, -0.1) is 21.5 Å². The molecule has 3 rings (SSSR count). The number of thioether (sulfide) groups is 1. The number of hydrogen-bond donors (Lipinski definition) is 1. The summed E-state index contributed by atoms with van der Waals surface area (Å²) >= 11 is 2.82. The van der Waals surface area contributed by atoms with Crippen molar-refractivity contribution in [1.82, 2.24) is 15.5 Å². The number of carbonyl (C=O) groups is 1. The van der Waals surface area contributed by atoms with Crippen LogP contribution in [0.1, 0.15) is 16.3 Å². The van der Waals surface area contributed by atoms with Crippen molar-refractivity contribution in [3.63, 3.8) is 0 Å². The lowest BCUT2D eigenvalue weighted by atomic mass is 10.2. The van der Waals surface area contributed by atoms with Crippen LogP contribution in [0.4, 0.5) is 0 Å². The quantitative estimate of drug-likeness (QED) is 0.608. The zero-order chi connectivity index (χ0) is 17.5. The SMILES string of the molecule is Cc1cccc(OCc2nnc(SCC(=O)NCc3cccs3)o2)c1. The minimum Gasteiger partial charge on any atom is -0.484 e. The van der Waals surface area contributed by atoms with E-state index in [1.165, 1.54) is 11.8 Å². The monoisotopic (exact) mass is 375 g/mol. The van der Waals surface area contributed by atoms with Crippen LogP contribution in [0.3, 0.4) is 0 Å². The fraction of sp³-hybridized carbons (Fsp3) is 0.235. The summed E-state index contributed by atoms with van der Waals surface area (Å²) in [6.07, 6.45) is 0. The van der Waals surface area contributed by atoms with Crippen molar-refractivity contribution in [3.8, 4) is 5.75 Å². The fourth-order valence-electron chi connectivity index (χ4n) is 1.98. The fourth-order valence-corrected chi connectivity index (χ4v) is 3.24. The number of aryl methyl sites for hydroxylation is 1. The molecule has 0 unspecified atom stereocenters. The molecular formula is C17H17N3O3S2. The second-order valence-electron chi connectivity index (χ2n) is 5.21. The first-order chi connectivity index (χ1) is 12.2. The van der Waals surface area contributed by atoms with E-state index in [0.29, 0.717) is 17.7 Å². The molecule has 0 aliphatic heterocycles. The number of thiophene rings is 1. The number of rotatable bonds is 8. The topological polar surface area (TPSA) is 77.2 Å². The number of hydrogen-bond acceptors (Lipinski definition) is 7. The molecule has 0 atom stereocenters. The molecule has 0 aliphatic rings. The molecule has 1 aromatic carbocycles. The Bertz CT molecular complexity index is 818. The number of aromatic nitrogens is 2. The molecule has 0 saturated carbocycles. The molecule has 6 nitrogen and oxygen atoms in total. The zero-order valence-electron chi connectivity index (χ0n) is 13.6. The molecular weight excluding hydrogens is 358 g/mol. The molecule has 0 aliphatic carbocycles. The van der Waals surface area contributed by atoms with Gasteiger partial charge in [0.15, 0.2) is 6.61 Å². The average Bonchev–Trinajstić information content (AvgIpc) is 3.28. The highest BCUT2D eigenvalue weighted by molar-refractivity contribution is 7.99. The van der Waals surface area contributed by atoms with E-state index in [9.17, 15) is 4.79 Å². The largest absolute Gasteiger partial charge is 0.484 e. The van der Waals surface area contributed by atoms with E-state index in [0.717, 1.165) is 16.2 Å². The normalized spacial score (nSPS) is 10.6. The van der Waals surface area contributed by atoms with Gasteiger partial charge in [-0.3, -0.25) is 4.79 Å². The van der Waals surface area contributed by atoms with Crippen molar-refractivity contribution in [1.29, 1.82) is 0 Å². The van der Waals surface area contributed by atoms with Gasteiger partial charge in [-0.05, 0) is 36.1 Å². The lowest BCUT2D eigenvalue weighted by Gasteiger charge is -2.03. The van der Waals surface area contributed by atoms with Crippen LogP contribution in [-0.2, 0) is 17.9 Å². The Morgan fingerprint density at radius 1 is 1.32 bits per heavy atom. The average molecular weight is 375 g/mol. The van der Waals surface area contributed by atoms with E-state index in [4.69, 9.17) is 9.15 Å². The van der Waals surface area contributed by atoms with E-state index < -0.39 is 0 Å². The van der Waals surface area contributed by atoms with Crippen molar-refractivity contribution < 1.29 is 13.9 Å². The van der Waals surface area contributed by atoms with Crippen LogP contribution in [0.15, 0.2) is 51.4 Å². The van der Waals surface area contributed by atoms with Gasteiger partial charge in [-0.2, -0.15) is 0 Å². The van der Waals surface area contributed by atoms with Gasteiger partial charge >= 0.3 is 0 Å². The summed E-state index contributed by atoms with van der Waals surface area (Å²) in [5.41, 5.74) is 1.12. The summed E-state index contributed by atoms with van der Waals surface area (Å²) < 4.78 is 11.1. The van der Waals surface area contributed by atoms with Crippen LogP contribution in [0.25, 0.3) is 0 Å². The van der Waals surface area contributed by atoms with E-state index in [2.05, 4.69) is 15.5 Å². The summed E-state index contributed by atoms with van der Waals surface area (Å²) in [7, 11) is 0. The first kappa shape index (κ1) is 17.5. The molecule has 130 valence electrons. The summed E-state index contributed by atoms with van der Waals surface area (Å²) in [6.45, 7) is 2.73. The number of ether oxygens (including phenoxy) is 1. The highest BCUT2D eigenvalue weighted by Crippen LogP contribution is 2.18. The zero-order valence-corrected chi connectivity index (χ0v) is 15.2. The predicted octanol–water partition coefficient (Wildman–Crippen LogP) is 3.43. The summed E-state index contributed by atoms with van der Waals surface area (Å²) in [6, 6.07) is 11.7. The van der Waals surface area contributed by atoms with Gasteiger partial charge in [0.05, 0.1) is 12.3 Å². The van der Waals surface area contributed by atoms with Gasteiger partial charge in [0, 0.05) is 4.88 Å².